The third-order valence-electron chi connectivity index (χ3n) is 2.83. The minimum Gasteiger partial charge on any atom is -0.478 e. The van der Waals surface area contributed by atoms with Gasteiger partial charge in [-0.05, 0) is 24.3 Å². The summed E-state index contributed by atoms with van der Waals surface area (Å²) in [7, 11) is 0. The van der Waals surface area contributed by atoms with Crippen LogP contribution in [-0.4, -0.2) is 20.6 Å². The number of carboxylic acid groups (broad SMARTS) is 1. The first-order valence-corrected chi connectivity index (χ1v) is 6.37. The molecule has 18 heavy (non-hydrogen) atoms. The van der Waals surface area contributed by atoms with Crippen LogP contribution < -0.4 is 0 Å². The maximum atomic E-state index is 10.9. The molecule has 2 heterocycles. The average molecular weight is 258 g/mol. The summed E-state index contributed by atoms with van der Waals surface area (Å²) in [5.41, 5.74) is 4.16. The molecule has 5 heteroatoms. The Labute approximate surface area is 107 Å². The van der Waals surface area contributed by atoms with E-state index in [1.165, 1.54) is 0 Å². The van der Waals surface area contributed by atoms with Crippen LogP contribution in [0.5, 0.6) is 0 Å². The molecule has 0 bridgehead atoms. The van der Waals surface area contributed by atoms with Crippen molar-refractivity contribution in [1.82, 2.24) is 9.55 Å². The van der Waals surface area contributed by atoms with E-state index < -0.39 is 5.97 Å². The first kappa shape index (κ1) is 11.0. The largest absolute Gasteiger partial charge is 0.478 e. The summed E-state index contributed by atoms with van der Waals surface area (Å²) in [6, 6.07) is 7.08. The van der Waals surface area contributed by atoms with Gasteiger partial charge in [0.25, 0.3) is 0 Å². The van der Waals surface area contributed by atoms with Crippen molar-refractivity contribution in [2.24, 2.45) is 0 Å². The number of aromatic carboxylic acids is 1. The lowest BCUT2D eigenvalue weighted by molar-refractivity contribution is 0.0697. The van der Waals surface area contributed by atoms with Gasteiger partial charge in [-0.3, -0.25) is 0 Å². The summed E-state index contributed by atoms with van der Waals surface area (Å²) in [5.74, 6) is -0.899. The second-order valence-electron chi connectivity index (χ2n) is 4.00. The van der Waals surface area contributed by atoms with Crippen LogP contribution in [0.3, 0.4) is 0 Å². The molecule has 0 fully saturated rings. The predicted molar refractivity (Wildman–Crippen MR) is 70.1 cm³/mol. The molecular formula is C13H10N2O2S. The Hall–Kier alpha value is -2.14. The molecule has 90 valence electrons. The monoisotopic (exact) mass is 258 g/mol. The summed E-state index contributed by atoms with van der Waals surface area (Å²) >= 11 is 1.57. The van der Waals surface area contributed by atoms with Crippen LogP contribution in [0, 0.1) is 0 Å². The fourth-order valence-electron chi connectivity index (χ4n) is 1.96. The number of benzene rings is 1. The van der Waals surface area contributed by atoms with Crippen molar-refractivity contribution >= 4 is 28.2 Å². The fraction of sp³-hybridized carbons (Fsp3) is 0.0769. The summed E-state index contributed by atoms with van der Waals surface area (Å²) < 4.78 is 2.07. The van der Waals surface area contributed by atoms with Gasteiger partial charge in [0.1, 0.15) is 0 Å². The van der Waals surface area contributed by atoms with E-state index in [-0.39, 0.29) is 0 Å². The Morgan fingerprint density at radius 1 is 1.39 bits per heavy atom. The second kappa shape index (κ2) is 4.27. The van der Waals surface area contributed by atoms with E-state index in [1.807, 2.05) is 29.2 Å². The van der Waals surface area contributed by atoms with Crippen molar-refractivity contribution in [3.63, 3.8) is 0 Å². The Balaban J connectivity index is 2.02. The molecule has 0 saturated heterocycles. The molecule has 2 aromatic heterocycles. The predicted octanol–water partition coefficient (Wildman–Crippen LogP) is 2.84. The molecule has 0 aliphatic heterocycles. The van der Waals surface area contributed by atoms with Crippen molar-refractivity contribution < 1.29 is 9.90 Å². The lowest BCUT2D eigenvalue weighted by Crippen LogP contribution is -1.99. The molecule has 0 spiro atoms. The number of carboxylic acids is 1. The van der Waals surface area contributed by atoms with Gasteiger partial charge in [0.2, 0.25) is 0 Å². The van der Waals surface area contributed by atoms with Crippen LogP contribution >= 0.6 is 11.3 Å². The zero-order valence-corrected chi connectivity index (χ0v) is 10.2. The summed E-state index contributed by atoms with van der Waals surface area (Å²) in [4.78, 5) is 15.1. The van der Waals surface area contributed by atoms with Gasteiger partial charge in [-0.2, -0.15) is 0 Å². The molecular weight excluding hydrogens is 248 g/mol. The number of rotatable bonds is 3. The number of nitrogens with zero attached hydrogens (tertiary/aromatic N) is 2. The van der Waals surface area contributed by atoms with Gasteiger partial charge in [0.15, 0.2) is 0 Å². The van der Waals surface area contributed by atoms with Crippen LogP contribution in [0.1, 0.15) is 16.1 Å². The van der Waals surface area contributed by atoms with Gasteiger partial charge in [0, 0.05) is 22.5 Å². The standard InChI is InChI=1S/C13H10N2O2S/c16-13(17)10-1-2-12-9(5-10)3-4-15(12)6-11-7-18-8-14-11/h1-5,7-8H,6H2,(H,16,17). The van der Waals surface area contributed by atoms with Gasteiger partial charge in [0.05, 0.1) is 23.3 Å². The maximum absolute atomic E-state index is 10.9. The molecule has 3 aromatic rings. The van der Waals surface area contributed by atoms with E-state index in [2.05, 4.69) is 9.55 Å². The van der Waals surface area contributed by atoms with Crippen molar-refractivity contribution in [2.45, 2.75) is 6.54 Å². The summed E-state index contributed by atoms with van der Waals surface area (Å²) in [5, 5.41) is 11.9. The van der Waals surface area contributed by atoms with E-state index in [1.54, 1.807) is 23.5 Å². The van der Waals surface area contributed by atoms with Crippen LogP contribution in [0.15, 0.2) is 41.4 Å². The molecule has 0 unspecified atom stereocenters. The first-order chi connectivity index (χ1) is 8.74. The lowest BCUT2D eigenvalue weighted by atomic mass is 10.1. The molecule has 4 nitrogen and oxygen atoms in total. The smallest absolute Gasteiger partial charge is 0.335 e. The topological polar surface area (TPSA) is 55.1 Å². The molecule has 3 rings (SSSR count). The minimum absolute atomic E-state index is 0.314. The highest BCUT2D eigenvalue weighted by Gasteiger charge is 2.07. The van der Waals surface area contributed by atoms with Crippen LogP contribution in [0.4, 0.5) is 0 Å². The summed E-state index contributed by atoms with van der Waals surface area (Å²) in [6.07, 6.45) is 1.95. The number of hydrogen-bond donors (Lipinski definition) is 1. The molecule has 0 aliphatic carbocycles. The van der Waals surface area contributed by atoms with E-state index in [0.717, 1.165) is 16.6 Å². The molecule has 0 radical (unpaired) electrons. The highest BCUT2D eigenvalue weighted by molar-refractivity contribution is 7.07. The van der Waals surface area contributed by atoms with Gasteiger partial charge in [-0.25, -0.2) is 9.78 Å². The normalized spacial score (nSPS) is 10.9. The lowest BCUT2D eigenvalue weighted by Gasteiger charge is -2.03. The number of hydrogen-bond acceptors (Lipinski definition) is 3. The average Bonchev–Trinajstić information content (AvgIpc) is 2.99. The molecule has 1 N–H and O–H groups in total. The van der Waals surface area contributed by atoms with Gasteiger partial charge in [-0.15, -0.1) is 11.3 Å². The molecule has 0 aliphatic rings. The van der Waals surface area contributed by atoms with Crippen LogP contribution in [0.2, 0.25) is 0 Å². The Morgan fingerprint density at radius 2 is 2.28 bits per heavy atom. The SMILES string of the molecule is O=C(O)c1ccc2c(ccn2Cc2cscn2)c1. The van der Waals surface area contributed by atoms with Crippen molar-refractivity contribution in [3.05, 3.63) is 52.6 Å². The van der Waals surface area contributed by atoms with Gasteiger partial charge < -0.3 is 9.67 Å². The molecule has 0 atom stereocenters. The van der Waals surface area contributed by atoms with E-state index in [9.17, 15) is 4.79 Å². The highest BCUT2D eigenvalue weighted by Crippen LogP contribution is 2.19. The van der Waals surface area contributed by atoms with Gasteiger partial charge in [-0.1, -0.05) is 0 Å². The number of carbonyl (C=O) groups is 1. The van der Waals surface area contributed by atoms with E-state index >= 15 is 0 Å². The van der Waals surface area contributed by atoms with Gasteiger partial charge >= 0.3 is 5.97 Å². The highest BCUT2D eigenvalue weighted by atomic mass is 32.1. The quantitative estimate of drug-likeness (QED) is 0.786. The van der Waals surface area contributed by atoms with Crippen LogP contribution in [0.25, 0.3) is 10.9 Å². The van der Waals surface area contributed by atoms with Crippen molar-refractivity contribution in [1.29, 1.82) is 0 Å². The number of thiazole rings is 1. The van der Waals surface area contributed by atoms with E-state index in [4.69, 9.17) is 5.11 Å². The molecule has 0 saturated carbocycles. The third-order valence-corrected chi connectivity index (χ3v) is 3.47. The minimum atomic E-state index is -0.899. The van der Waals surface area contributed by atoms with E-state index in [0.29, 0.717) is 12.1 Å². The third kappa shape index (κ3) is 1.89. The zero-order chi connectivity index (χ0) is 12.5. The molecule has 1 aromatic carbocycles. The fourth-order valence-corrected chi connectivity index (χ4v) is 2.51. The van der Waals surface area contributed by atoms with Crippen molar-refractivity contribution in [3.8, 4) is 0 Å². The summed E-state index contributed by atoms with van der Waals surface area (Å²) in [6.45, 7) is 0.708. The first-order valence-electron chi connectivity index (χ1n) is 5.43. The maximum Gasteiger partial charge on any atom is 0.335 e. The number of aromatic nitrogens is 2. The zero-order valence-electron chi connectivity index (χ0n) is 9.41. The number of fused-ring (bicyclic) bond motifs is 1. The van der Waals surface area contributed by atoms with Crippen molar-refractivity contribution in [2.75, 3.05) is 0 Å². The second-order valence-corrected chi connectivity index (χ2v) is 4.72. The molecule has 0 amide bonds. The Bertz CT molecular complexity index is 701. The van der Waals surface area contributed by atoms with Crippen LogP contribution in [-0.2, 0) is 6.54 Å². The Morgan fingerprint density at radius 3 is 3.00 bits per heavy atom. The Kier molecular flexibility index (Phi) is 2.60.